The SMILES string of the molecule is COc1cc(/C=N/NC(=O)C(=O)Nc2cc(C)cc(C)c2)ccc1OC(=O)c1cccc(C)c1. The molecule has 3 aromatic carbocycles. The fraction of sp³-hybridized carbons (Fsp3) is 0.154. The van der Waals surface area contributed by atoms with E-state index in [1.807, 2.05) is 32.9 Å². The first-order valence-corrected chi connectivity index (χ1v) is 10.4. The van der Waals surface area contributed by atoms with Crippen LogP contribution in [0.5, 0.6) is 11.5 Å². The molecule has 0 aliphatic heterocycles. The van der Waals surface area contributed by atoms with E-state index in [0.29, 0.717) is 22.6 Å². The van der Waals surface area contributed by atoms with Gasteiger partial charge in [0.15, 0.2) is 11.5 Å². The van der Waals surface area contributed by atoms with Crippen molar-refractivity contribution in [2.45, 2.75) is 20.8 Å². The molecule has 0 unspecified atom stereocenters. The standard InChI is InChI=1S/C26H25N3O5/c1-16-6-5-7-20(11-16)26(32)34-22-9-8-19(14-23(22)33-4)15-27-29-25(31)24(30)28-21-12-17(2)10-18(3)13-21/h5-15H,1-4H3,(H,28,30)(H,29,31)/b27-15+. The molecular formula is C26H25N3O5. The molecule has 0 heterocycles. The molecule has 8 nitrogen and oxygen atoms in total. The Morgan fingerprint density at radius 1 is 0.824 bits per heavy atom. The van der Waals surface area contributed by atoms with E-state index in [4.69, 9.17) is 9.47 Å². The van der Waals surface area contributed by atoms with Crippen molar-refractivity contribution in [3.63, 3.8) is 0 Å². The summed E-state index contributed by atoms with van der Waals surface area (Å²) in [6.07, 6.45) is 1.34. The zero-order chi connectivity index (χ0) is 24.7. The fourth-order valence-corrected chi connectivity index (χ4v) is 3.23. The van der Waals surface area contributed by atoms with Crippen molar-refractivity contribution >= 4 is 29.7 Å². The summed E-state index contributed by atoms with van der Waals surface area (Å²) in [5, 5.41) is 6.35. The summed E-state index contributed by atoms with van der Waals surface area (Å²) >= 11 is 0. The van der Waals surface area contributed by atoms with Gasteiger partial charge in [0.05, 0.1) is 18.9 Å². The maximum atomic E-state index is 12.4. The lowest BCUT2D eigenvalue weighted by Gasteiger charge is -2.10. The second-order valence-corrected chi connectivity index (χ2v) is 7.70. The number of amides is 2. The third-order valence-corrected chi connectivity index (χ3v) is 4.71. The number of hydrogen-bond donors (Lipinski definition) is 2. The minimum Gasteiger partial charge on any atom is -0.493 e. The van der Waals surface area contributed by atoms with Gasteiger partial charge in [0.25, 0.3) is 0 Å². The summed E-state index contributed by atoms with van der Waals surface area (Å²) in [4.78, 5) is 36.6. The summed E-state index contributed by atoms with van der Waals surface area (Å²) in [5.74, 6) is -1.71. The predicted molar refractivity (Wildman–Crippen MR) is 129 cm³/mol. The number of esters is 1. The van der Waals surface area contributed by atoms with Gasteiger partial charge in [0.2, 0.25) is 0 Å². The summed E-state index contributed by atoms with van der Waals surface area (Å²) in [7, 11) is 1.44. The van der Waals surface area contributed by atoms with E-state index in [9.17, 15) is 14.4 Å². The van der Waals surface area contributed by atoms with Crippen LogP contribution in [0.2, 0.25) is 0 Å². The Morgan fingerprint density at radius 2 is 1.56 bits per heavy atom. The lowest BCUT2D eigenvalue weighted by atomic mass is 10.1. The van der Waals surface area contributed by atoms with Crippen molar-refractivity contribution in [3.05, 3.63) is 88.5 Å². The van der Waals surface area contributed by atoms with Gasteiger partial charge in [-0.25, -0.2) is 10.2 Å². The number of hydrazone groups is 1. The van der Waals surface area contributed by atoms with Crippen LogP contribution in [0.4, 0.5) is 5.69 Å². The average molecular weight is 460 g/mol. The van der Waals surface area contributed by atoms with Crippen LogP contribution in [-0.4, -0.2) is 31.1 Å². The van der Waals surface area contributed by atoms with Crippen molar-refractivity contribution in [2.75, 3.05) is 12.4 Å². The maximum Gasteiger partial charge on any atom is 0.343 e. The molecule has 2 N–H and O–H groups in total. The number of carbonyl (C=O) groups excluding carboxylic acids is 3. The van der Waals surface area contributed by atoms with Gasteiger partial charge in [-0.2, -0.15) is 5.10 Å². The number of ether oxygens (including phenoxy) is 2. The Balaban J connectivity index is 1.61. The molecule has 8 heteroatoms. The molecule has 0 aromatic heterocycles. The third-order valence-electron chi connectivity index (χ3n) is 4.71. The van der Waals surface area contributed by atoms with Gasteiger partial charge < -0.3 is 14.8 Å². The summed E-state index contributed by atoms with van der Waals surface area (Å²) in [6.45, 7) is 5.68. The Kier molecular flexibility index (Phi) is 7.76. The summed E-state index contributed by atoms with van der Waals surface area (Å²) in [5.41, 5.74) is 6.58. The topological polar surface area (TPSA) is 106 Å². The van der Waals surface area contributed by atoms with Crippen LogP contribution in [-0.2, 0) is 9.59 Å². The number of anilines is 1. The largest absolute Gasteiger partial charge is 0.493 e. The van der Waals surface area contributed by atoms with Crippen molar-refractivity contribution in [1.29, 1.82) is 0 Å². The van der Waals surface area contributed by atoms with Gasteiger partial charge in [0, 0.05) is 5.69 Å². The fourth-order valence-electron chi connectivity index (χ4n) is 3.23. The minimum atomic E-state index is -0.911. The molecule has 34 heavy (non-hydrogen) atoms. The molecule has 0 spiro atoms. The predicted octanol–water partition coefficient (Wildman–Crippen LogP) is 3.93. The molecule has 174 valence electrons. The van der Waals surface area contributed by atoms with Gasteiger partial charge in [-0.1, -0.05) is 23.8 Å². The van der Waals surface area contributed by atoms with Crippen LogP contribution < -0.4 is 20.2 Å². The number of benzene rings is 3. The first-order chi connectivity index (χ1) is 16.2. The number of rotatable bonds is 6. The molecule has 0 radical (unpaired) electrons. The molecule has 3 aromatic rings. The van der Waals surface area contributed by atoms with Gasteiger partial charge in [-0.3, -0.25) is 9.59 Å². The highest BCUT2D eigenvalue weighted by atomic mass is 16.6. The van der Waals surface area contributed by atoms with E-state index >= 15 is 0 Å². The first-order valence-electron chi connectivity index (χ1n) is 10.4. The van der Waals surface area contributed by atoms with E-state index in [-0.39, 0.29) is 5.75 Å². The van der Waals surface area contributed by atoms with E-state index in [1.165, 1.54) is 13.3 Å². The molecule has 0 atom stereocenters. The van der Waals surface area contributed by atoms with Gasteiger partial charge in [-0.05, 0) is 79.9 Å². The molecule has 0 saturated heterocycles. The minimum absolute atomic E-state index is 0.239. The number of methoxy groups -OCH3 is 1. The van der Waals surface area contributed by atoms with Gasteiger partial charge >= 0.3 is 17.8 Å². The highest BCUT2D eigenvalue weighted by molar-refractivity contribution is 6.39. The number of carbonyl (C=O) groups is 3. The quantitative estimate of drug-likeness (QED) is 0.191. The zero-order valence-corrected chi connectivity index (χ0v) is 19.3. The maximum absolute atomic E-state index is 12.4. The Labute approximate surface area is 197 Å². The van der Waals surface area contributed by atoms with Crippen LogP contribution in [0, 0.1) is 20.8 Å². The number of nitrogens with zero attached hydrogens (tertiary/aromatic N) is 1. The lowest BCUT2D eigenvalue weighted by Crippen LogP contribution is -2.32. The van der Waals surface area contributed by atoms with E-state index < -0.39 is 17.8 Å². The zero-order valence-electron chi connectivity index (χ0n) is 19.3. The van der Waals surface area contributed by atoms with Crippen LogP contribution in [0.15, 0.2) is 65.8 Å². The Hall–Kier alpha value is -4.46. The average Bonchev–Trinajstić information content (AvgIpc) is 2.79. The normalized spacial score (nSPS) is 10.6. The molecule has 0 bridgehead atoms. The van der Waals surface area contributed by atoms with E-state index in [0.717, 1.165) is 16.7 Å². The second-order valence-electron chi connectivity index (χ2n) is 7.70. The highest BCUT2D eigenvalue weighted by Crippen LogP contribution is 2.28. The molecular weight excluding hydrogens is 434 g/mol. The molecule has 3 rings (SSSR count). The molecule has 0 aliphatic rings. The molecule has 0 saturated carbocycles. The van der Waals surface area contributed by atoms with Gasteiger partial charge in [-0.15, -0.1) is 0 Å². The monoisotopic (exact) mass is 459 g/mol. The smallest absolute Gasteiger partial charge is 0.343 e. The van der Waals surface area contributed by atoms with Crippen molar-refractivity contribution < 1.29 is 23.9 Å². The van der Waals surface area contributed by atoms with Crippen molar-refractivity contribution in [1.82, 2.24) is 5.43 Å². The third kappa shape index (κ3) is 6.52. The number of hydrogen-bond acceptors (Lipinski definition) is 6. The summed E-state index contributed by atoms with van der Waals surface area (Å²) < 4.78 is 10.8. The number of aryl methyl sites for hydroxylation is 3. The molecule has 2 amide bonds. The van der Waals surface area contributed by atoms with E-state index in [1.54, 1.807) is 48.5 Å². The van der Waals surface area contributed by atoms with Crippen LogP contribution in [0.3, 0.4) is 0 Å². The van der Waals surface area contributed by atoms with Crippen LogP contribution >= 0.6 is 0 Å². The molecule has 0 fully saturated rings. The second kappa shape index (κ2) is 10.9. The highest BCUT2D eigenvalue weighted by Gasteiger charge is 2.14. The number of nitrogens with one attached hydrogen (secondary N) is 2. The first kappa shape index (κ1) is 24.2. The van der Waals surface area contributed by atoms with Gasteiger partial charge in [0.1, 0.15) is 0 Å². The van der Waals surface area contributed by atoms with E-state index in [2.05, 4.69) is 15.8 Å². The Bertz CT molecular complexity index is 1250. The Morgan fingerprint density at radius 3 is 2.24 bits per heavy atom. The summed E-state index contributed by atoms with van der Waals surface area (Å²) in [6, 6.07) is 17.3. The van der Waals surface area contributed by atoms with Crippen LogP contribution in [0.1, 0.15) is 32.6 Å². The van der Waals surface area contributed by atoms with Crippen molar-refractivity contribution in [2.24, 2.45) is 5.10 Å². The van der Waals surface area contributed by atoms with Crippen LogP contribution in [0.25, 0.3) is 0 Å². The van der Waals surface area contributed by atoms with Crippen molar-refractivity contribution in [3.8, 4) is 11.5 Å². The molecule has 0 aliphatic carbocycles. The lowest BCUT2D eigenvalue weighted by molar-refractivity contribution is -0.136.